The van der Waals surface area contributed by atoms with Crippen LogP contribution in [0.1, 0.15) is 6.42 Å². The molecule has 0 saturated heterocycles. The molecule has 1 N–H and O–H groups in total. The molecular weight excluding hydrogens is 459 g/mol. The summed E-state index contributed by atoms with van der Waals surface area (Å²) < 4.78 is 12.3. The molecule has 0 aliphatic heterocycles. The Kier molecular flexibility index (Phi) is 8.60. The van der Waals surface area contributed by atoms with Gasteiger partial charge in [0.05, 0.1) is 18.6 Å². The number of methoxy groups -OCH3 is 2. The van der Waals surface area contributed by atoms with E-state index in [0.717, 1.165) is 12.0 Å². The van der Waals surface area contributed by atoms with Crippen LogP contribution in [0.15, 0.2) is 47.6 Å². The Balaban J connectivity index is 1.94. The third kappa shape index (κ3) is 6.13. The second kappa shape index (κ2) is 11.4. The zero-order chi connectivity index (χ0) is 22.2. The quantitative estimate of drug-likeness (QED) is 0.340. The number of ether oxygens (including phenoxy) is 2. The van der Waals surface area contributed by atoms with E-state index in [2.05, 4.69) is 15.5 Å². The molecule has 3 aromatic rings. The van der Waals surface area contributed by atoms with Crippen molar-refractivity contribution in [3.05, 3.63) is 52.5 Å². The highest BCUT2D eigenvalue weighted by Gasteiger charge is 2.20. The molecule has 3 rings (SSSR count). The first-order valence-electron chi connectivity index (χ1n) is 9.47. The van der Waals surface area contributed by atoms with Gasteiger partial charge < -0.3 is 14.8 Å². The molecule has 7 nitrogen and oxygen atoms in total. The monoisotopic (exact) mass is 480 g/mol. The Labute approximate surface area is 195 Å². The fourth-order valence-electron chi connectivity index (χ4n) is 2.86. The summed E-state index contributed by atoms with van der Waals surface area (Å²) in [6.07, 6.45) is 0.752. The maximum Gasteiger partial charge on any atom is 0.230 e. The summed E-state index contributed by atoms with van der Waals surface area (Å²) >= 11 is 13.7. The molecule has 0 fully saturated rings. The van der Waals surface area contributed by atoms with Crippen molar-refractivity contribution in [1.82, 2.24) is 20.1 Å². The molecule has 2 aromatic carbocycles. The van der Waals surface area contributed by atoms with E-state index in [1.165, 1.54) is 11.8 Å². The van der Waals surface area contributed by atoms with Crippen LogP contribution >= 0.6 is 35.0 Å². The zero-order valence-corrected chi connectivity index (χ0v) is 19.4. The SMILES string of the molecule is COCCCNC(=O)CSc1nnc(-c2cccc(Cl)c2)n1-c1cc(Cl)ccc1OC. The summed E-state index contributed by atoms with van der Waals surface area (Å²) in [5.41, 5.74) is 1.44. The van der Waals surface area contributed by atoms with Crippen molar-refractivity contribution >= 4 is 40.9 Å². The minimum Gasteiger partial charge on any atom is -0.495 e. The van der Waals surface area contributed by atoms with Crippen molar-refractivity contribution in [3.63, 3.8) is 0 Å². The van der Waals surface area contributed by atoms with E-state index in [4.69, 9.17) is 32.7 Å². The molecule has 31 heavy (non-hydrogen) atoms. The van der Waals surface area contributed by atoms with Crippen LogP contribution in [0.3, 0.4) is 0 Å². The number of aromatic nitrogens is 3. The maximum absolute atomic E-state index is 12.2. The molecule has 0 radical (unpaired) electrons. The van der Waals surface area contributed by atoms with Crippen molar-refractivity contribution in [2.24, 2.45) is 0 Å². The Morgan fingerprint density at radius 2 is 1.94 bits per heavy atom. The topological polar surface area (TPSA) is 78.3 Å². The van der Waals surface area contributed by atoms with Crippen LogP contribution in [-0.2, 0) is 9.53 Å². The number of carbonyl (C=O) groups is 1. The first-order valence-corrected chi connectivity index (χ1v) is 11.2. The Morgan fingerprint density at radius 1 is 1.13 bits per heavy atom. The molecule has 0 saturated carbocycles. The number of hydrogen-bond acceptors (Lipinski definition) is 6. The largest absolute Gasteiger partial charge is 0.495 e. The van der Waals surface area contributed by atoms with Gasteiger partial charge in [-0.1, -0.05) is 47.1 Å². The lowest BCUT2D eigenvalue weighted by atomic mass is 10.2. The van der Waals surface area contributed by atoms with Crippen molar-refractivity contribution in [3.8, 4) is 22.8 Å². The lowest BCUT2D eigenvalue weighted by Gasteiger charge is -2.14. The first kappa shape index (κ1) is 23.4. The van der Waals surface area contributed by atoms with Crippen LogP contribution in [0, 0.1) is 0 Å². The van der Waals surface area contributed by atoms with Crippen LogP contribution < -0.4 is 10.1 Å². The highest BCUT2D eigenvalue weighted by atomic mass is 35.5. The second-order valence-corrected chi connectivity index (χ2v) is 8.27. The number of rotatable bonds is 10. The summed E-state index contributed by atoms with van der Waals surface area (Å²) in [6.45, 7) is 1.15. The predicted molar refractivity (Wildman–Crippen MR) is 124 cm³/mol. The third-order valence-corrected chi connectivity index (χ3v) is 5.68. The number of nitrogens with zero attached hydrogens (tertiary/aromatic N) is 3. The van der Waals surface area contributed by atoms with E-state index >= 15 is 0 Å². The molecule has 0 spiro atoms. The smallest absolute Gasteiger partial charge is 0.230 e. The van der Waals surface area contributed by atoms with E-state index in [1.807, 2.05) is 16.7 Å². The van der Waals surface area contributed by atoms with Crippen LogP contribution in [0.2, 0.25) is 10.0 Å². The highest BCUT2D eigenvalue weighted by molar-refractivity contribution is 7.99. The molecule has 1 heterocycles. The summed E-state index contributed by atoms with van der Waals surface area (Å²) in [7, 11) is 3.21. The minimum absolute atomic E-state index is 0.0991. The molecule has 0 bridgehead atoms. The normalized spacial score (nSPS) is 10.8. The van der Waals surface area contributed by atoms with E-state index in [-0.39, 0.29) is 11.7 Å². The second-order valence-electron chi connectivity index (χ2n) is 6.45. The van der Waals surface area contributed by atoms with Gasteiger partial charge in [0.15, 0.2) is 11.0 Å². The minimum atomic E-state index is -0.0991. The van der Waals surface area contributed by atoms with Gasteiger partial charge in [-0.2, -0.15) is 0 Å². The molecule has 1 aromatic heterocycles. The van der Waals surface area contributed by atoms with Gasteiger partial charge >= 0.3 is 0 Å². The average Bonchev–Trinajstić information content (AvgIpc) is 3.19. The van der Waals surface area contributed by atoms with Gasteiger partial charge in [-0.15, -0.1) is 10.2 Å². The molecule has 164 valence electrons. The molecular formula is C21H22Cl2N4O3S. The van der Waals surface area contributed by atoms with Gasteiger partial charge in [0.2, 0.25) is 5.91 Å². The Bertz CT molecular complexity index is 1050. The number of carbonyl (C=O) groups excluding carboxylic acids is 1. The van der Waals surface area contributed by atoms with Crippen LogP contribution in [0.5, 0.6) is 5.75 Å². The molecule has 0 aliphatic rings. The predicted octanol–water partition coefficient (Wildman–Crippen LogP) is 4.49. The van der Waals surface area contributed by atoms with E-state index < -0.39 is 0 Å². The standard InChI is InChI=1S/C21H22Cl2N4O3S/c1-29-10-4-9-24-19(28)13-31-21-26-25-20(14-5-3-6-15(22)11-14)27(21)17-12-16(23)7-8-18(17)30-2/h3,5-8,11-12H,4,9-10,13H2,1-2H3,(H,24,28). The van der Waals surface area contributed by atoms with Gasteiger partial charge in [0.1, 0.15) is 5.75 Å². The van der Waals surface area contributed by atoms with Crippen molar-refractivity contribution in [1.29, 1.82) is 0 Å². The maximum atomic E-state index is 12.2. The number of benzene rings is 2. The van der Waals surface area contributed by atoms with Gasteiger partial charge in [-0.25, -0.2) is 0 Å². The van der Waals surface area contributed by atoms with Gasteiger partial charge in [-0.05, 0) is 36.8 Å². The number of hydrogen-bond donors (Lipinski definition) is 1. The fourth-order valence-corrected chi connectivity index (χ4v) is 3.99. The number of nitrogens with one attached hydrogen (secondary N) is 1. The van der Waals surface area contributed by atoms with Crippen molar-refractivity contribution in [2.75, 3.05) is 33.1 Å². The van der Waals surface area contributed by atoms with E-state index in [1.54, 1.807) is 44.6 Å². The lowest BCUT2D eigenvalue weighted by molar-refractivity contribution is -0.118. The van der Waals surface area contributed by atoms with Crippen LogP contribution in [0.4, 0.5) is 0 Å². The van der Waals surface area contributed by atoms with Crippen LogP contribution in [0.25, 0.3) is 17.1 Å². The molecule has 0 aliphatic carbocycles. The summed E-state index contributed by atoms with van der Waals surface area (Å²) in [6, 6.07) is 12.6. The van der Waals surface area contributed by atoms with E-state index in [9.17, 15) is 4.79 Å². The van der Waals surface area contributed by atoms with Gasteiger partial charge in [0.25, 0.3) is 0 Å². The van der Waals surface area contributed by atoms with Crippen molar-refractivity contribution in [2.45, 2.75) is 11.6 Å². The third-order valence-electron chi connectivity index (χ3n) is 4.28. The Hall–Kier alpha value is -2.26. The summed E-state index contributed by atoms with van der Waals surface area (Å²) in [5.74, 6) is 1.24. The Morgan fingerprint density at radius 3 is 2.68 bits per heavy atom. The first-order chi connectivity index (χ1) is 15.0. The number of halogens is 2. The fraction of sp³-hybridized carbons (Fsp3) is 0.286. The molecule has 0 unspecified atom stereocenters. The highest BCUT2D eigenvalue weighted by Crippen LogP contribution is 2.34. The molecule has 0 atom stereocenters. The zero-order valence-electron chi connectivity index (χ0n) is 17.1. The van der Waals surface area contributed by atoms with E-state index in [0.29, 0.717) is 45.6 Å². The van der Waals surface area contributed by atoms with Gasteiger partial charge in [-0.3, -0.25) is 9.36 Å². The molecule has 10 heteroatoms. The molecule has 1 amide bonds. The number of thioether (sulfide) groups is 1. The van der Waals surface area contributed by atoms with Gasteiger partial charge in [0, 0.05) is 35.9 Å². The summed E-state index contributed by atoms with van der Waals surface area (Å²) in [4.78, 5) is 12.2. The van der Waals surface area contributed by atoms with Crippen LogP contribution in [-0.4, -0.2) is 53.8 Å². The lowest BCUT2D eigenvalue weighted by Crippen LogP contribution is -2.26. The van der Waals surface area contributed by atoms with Crippen molar-refractivity contribution < 1.29 is 14.3 Å². The average molecular weight is 481 g/mol. The number of amides is 1. The summed E-state index contributed by atoms with van der Waals surface area (Å²) in [5, 5.41) is 13.2.